The van der Waals surface area contributed by atoms with E-state index in [1.54, 1.807) is 19.1 Å². The molecule has 0 aliphatic heterocycles. The van der Waals surface area contributed by atoms with E-state index in [0.29, 0.717) is 38.8 Å². The molecule has 0 rings (SSSR count). The first-order chi connectivity index (χ1) is 9.11. The number of rotatable bonds is 12. The van der Waals surface area contributed by atoms with Crippen molar-refractivity contribution in [2.45, 2.75) is 20.3 Å². The largest absolute Gasteiger partial charge is 0.382 e. The van der Waals surface area contributed by atoms with Gasteiger partial charge in [-0.05, 0) is 5.92 Å². The molecule has 0 atom stereocenters. The monoisotopic (exact) mass is 277 g/mol. The van der Waals surface area contributed by atoms with Crippen LogP contribution in [0.3, 0.4) is 0 Å². The van der Waals surface area contributed by atoms with Gasteiger partial charge in [0.1, 0.15) is 13.5 Å². The number of carbonyl (C=O) groups excluding carboxylic acids is 1. The molecule has 0 bridgehead atoms. The van der Waals surface area contributed by atoms with Crippen LogP contribution in [0.2, 0.25) is 0 Å². The van der Waals surface area contributed by atoms with Crippen LogP contribution < -0.4 is 0 Å². The van der Waals surface area contributed by atoms with E-state index in [1.165, 1.54) is 0 Å². The fraction of sp³-hybridized carbons (Fsp3) is 0.923. The van der Waals surface area contributed by atoms with Gasteiger partial charge in [0, 0.05) is 20.6 Å². The van der Waals surface area contributed by atoms with E-state index in [2.05, 4.69) is 0 Å². The second-order valence-electron chi connectivity index (χ2n) is 4.59. The Labute approximate surface area is 115 Å². The van der Waals surface area contributed by atoms with Crippen molar-refractivity contribution in [1.82, 2.24) is 4.90 Å². The van der Waals surface area contributed by atoms with Gasteiger partial charge in [0.2, 0.25) is 5.91 Å². The first kappa shape index (κ1) is 18.3. The van der Waals surface area contributed by atoms with Gasteiger partial charge in [0.15, 0.2) is 0 Å². The second kappa shape index (κ2) is 12.3. The molecule has 0 aromatic heterocycles. The highest BCUT2D eigenvalue weighted by Crippen LogP contribution is 2.04. The summed E-state index contributed by atoms with van der Waals surface area (Å²) in [5.74, 6) is 0.345. The van der Waals surface area contributed by atoms with Crippen LogP contribution in [0.25, 0.3) is 0 Å². The van der Waals surface area contributed by atoms with Crippen LogP contribution in [0.5, 0.6) is 0 Å². The number of hydrogen-bond acceptors (Lipinski definition) is 5. The number of carbonyl (C=O) groups is 1. The highest BCUT2D eigenvalue weighted by atomic mass is 16.5. The third kappa shape index (κ3) is 10.9. The minimum Gasteiger partial charge on any atom is -0.382 e. The maximum Gasteiger partial charge on any atom is 0.226 e. The predicted octanol–water partition coefficient (Wildman–Crippen LogP) is 1.10. The molecule has 6 nitrogen and oxygen atoms in total. The Hall–Kier alpha value is -0.690. The lowest BCUT2D eigenvalue weighted by Gasteiger charge is -2.23. The molecule has 114 valence electrons. The van der Waals surface area contributed by atoms with Gasteiger partial charge in [-0.1, -0.05) is 13.8 Å². The first-order valence-electron chi connectivity index (χ1n) is 6.53. The van der Waals surface area contributed by atoms with E-state index in [9.17, 15) is 4.79 Å². The fourth-order valence-electron chi connectivity index (χ4n) is 1.29. The third-order valence-electron chi connectivity index (χ3n) is 2.29. The zero-order valence-electron chi connectivity index (χ0n) is 12.5. The van der Waals surface area contributed by atoms with E-state index in [0.717, 1.165) is 0 Å². The molecule has 0 spiro atoms. The summed E-state index contributed by atoms with van der Waals surface area (Å²) in [6.45, 7) is 6.40. The number of nitrogens with zero attached hydrogens (tertiary/aromatic N) is 1. The Balaban J connectivity index is 4.02. The van der Waals surface area contributed by atoms with Crippen molar-refractivity contribution in [3.63, 3.8) is 0 Å². The lowest BCUT2D eigenvalue weighted by Crippen LogP contribution is -2.36. The molecule has 0 aromatic carbocycles. The summed E-state index contributed by atoms with van der Waals surface area (Å²) in [6.07, 6.45) is 0.487. The minimum atomic E-state index is 0.0323. The van der Waals surface area contributed by atoms with Gasteiger partial charge in [-0.25, -0.2) is 0 Å². The molecule has 0 fully saturated rings. The predicted molar refractivity (Wildman–Crippen MR) is 71.7 cm³/mol. The molecule has 0 N–H and O–H groups in total. The molecule has 19 heavy (non-hydrogen) atoms. The molecule has 6 heteroatoms. The second-order valence-corrected chi connectivity index (χ2v) is 4.59. The summed E-state index contributed by atoms with van der Waals surface area (Å²) < 4.78 is 20.5. The van der Waals surface area contributed by atoms with E-state index in [1.807, 2.05) is 13.8 Å². The molecule has 0 radical (unpaired) electrons. The number of ether oxygens (including phenoxy) is 4. The number of hydrogen-bond donors (Lipinski definition) is 0. The van der Waals surface area contributed by atoms with Gasteiger partial charge in [0.05, 0.1) is 26.4 Å². The molecule has 0 aromatic rings. The zero-order valence-corrected chi connectivity index (χ0v) is 12.5. The van der Waals surface area contributed by atoms with Crippen molar-refractivity contribution in [2.24, 2.45) is 5.92 Å². The maximum atomic E-state index is 12.0. The Morgan fingerprint density at radius 3 is 1.79 bits per heavy atom. The van der Waals surface area contributed by atoms with Crippen molar-refractivity contribution in [2.75, 3.05) is 54.1 Å². The Morgan fingerprint density at radius 1 is 0.947 bits per heavy atom. The van der Waals surface area contributed by atoms with Crippen molar-refractivity contribution in [3.05, 3.63) is 0 Å². The average Bonchev–Trinajstić information content (AvgIpc) is 2.36. The topological polar surface area (TPSA) is 57.2 Å². The van der Waals surface area contributed by atoms with Gasteiger partial charge in [0.25, 0.3) is 0 Å². The van der Waals surface area contributed by atoms with Crippen LogP contribution in [0.4, 0.5) is 0 Å². The molecule has 0 saturated heterocycles. The summed E-state index contributed by atoms with van der Waals surface area (Å²) >= 11 is 0. The number of amides is 1. The standard InChI is InChI=1S/C13H27NO5/c1-12(2)9-13(15)14(10-18-7-5-16-3)11-19-8-6-17-4/h12H,5-11H2,1-4H3. The SMILES string of the molecule is COCCOCN(COCCOC)C(=O)CC(C)C. The summed E-state index contributed by atoms with van der Waals surface area (Å²) in [5, 5.41) is 0. The van der Waals surface area contributed by atoms with Crippen LogP contribution in [0, 0.1) is 5.92 Å². The van der Waals surface area contributed by atoms with Crippen LogP contribution in [-0.4, -0.2) is 64.9 Å². The highest BCUT2D eigenvalue weighted by Gasteiger charge is 2.15. The first-order valence-corrected chi connectivity index (χ1v) is 6.53. The van der Waals surface area contributed by atoms with Crippen LogP contribution >= 0.6 is 0 Å². The Bertz CT molecular complexity index is 211. The minimum absolute atomic E-state index is 0.0323. The summed E-state index contributed by atoms with van der Waals surface area (Å²) in [4.78, 5) is 13.5. The van der Waals surface area contributed by atoms with Crippen LogP contribution in [0.15, 0.2) is 0 Å². The molecule has 0 aliphatic rings. The molecule has 1 amide bonds. The fourth-order valence-corrected chi connectivity index (χ4v) is 1.29. The molecule has 0 saturated carbocycles. The zero-order chi connectivity index (χ0) is 14.5. The van der Waals surface area contributed by atoms with E-state index < -0.39 is 0 Å². The molecular weight excluding hydrogens is 250 g/mol. The molecule has 0 aliphatic carbocycles. The molecule has 0 heterocycles. The summed E-state index contributed by atoms with van der Waals surface area (Å²) in [6, 6.07) is 0. The van der Waals surface area contributed by atoms with Crippen LogP contribution in [-0.2, 0) is 23.7 Å². The number of methoxy groups -OCH3 is 2. The molecular formula is C13H27NO5. The molecule has 0 unspecified atom stereocenters. The quantitative estimate of drug-likeness (QED) is 0.395. The van der Waals surface area contributed by atoms with E-state index in [4.69, 9.17) is 18.9 Å². The van der Waals surface area contributed by atoms with Crippen molar-refractivity contribution in [1.29, 1.82) is 0 Å². The van der Waals surface area contributed by atoms with Crippen LogP contribution in [0.1, 0.15) is 20.3 Å². The highest BCUT2D eigenvalue weighted by molar-refractivity contribution is 5.76. The van der Waals surface area contributed by atoms with Crippen molar-refractivity contribution < 1.29 is 23.7 Å². The van der Waals surface area contributed by atoms with Crippen molar-refractivity contribution >= 4 is 5.91 Å². The lowest BCUT2D eigenvalue weighted by atomic mass is 10.1. The Morgan fingerprint density at radius 2 is 1.42 bits per heavy atom. The summed E-state index contributed by atoms with van der Waals surface area (Å²) in [7, 11) is 3.22. The Kier molecular flexibility index (Phi) is 11.9. The third-order valence-corrected chi connectivity index (χ3v) is 2.29. The average molecular weight is 277 g/mol. The van der Waals surface area contributed by atoms with Gasteiger partial charge >= 0.3 is 0 Å². The van der Waals surface area contributed by atoms with Gasteiger partial charge in [-0.3, -0.25) is 9.69 Å². The van der Waals surface area contributed by atoms with E-state index in [-0.39, 0.29) is 19.4 Å². The van der Waals surface area contributed by atoms with Crippen molar-refractivity contribution in [3.8, 4) is 0 Å². The smallest absolute Gasteiger partial charge is 0.226 e. The lowest BCUT2D eigenvalue weighted by molar-refractivity contribution is -0.147. The van der Waals surface area contributed by atoms with E-state index >= 15 is 0 Å². The normalized spacial score (nSPS) is 11.0. The van der Waals surface area contributed by atoms with Gasteiger partial charge in [-0.15, -0.1) is 0 Å². The van der Waals surface area contributed by atoms with Gasteiger partial charge < -0.3 is 18.9 Å². The summed E-state index contributed by atoms with van der Waals surface area (Å²) in [5.41, 5.74) is 0. The maximum absolute atomic E-state index is 12.0. The van der Waals surface area contributed by atoms with Gasteiger partial charge in [-0.2, -0.15) is 0 Å².